The summed E-state index contributed by atoms with van der Waals surface area (Å²) >= 11 is 2.47. The third kappa shape index (κ3) is 3.91. The number of aromatic nitrogens is 1. The van der Waals surface area contributed by atoms with Crippen LogP contribution < -0.4 is 15.5 Å². The Balaban J connectivity index is 1.52. The molecule has 0 atom stereocenters. The number of para-hydroxylation sites is 2. The molecular weight excluding hydrogens is 396 g/mol. The van der Waals surface area contributed by atoms with Crippen LogP contribution in [-0.4, -0.2) is 48.1 Å². The number of aromatic carboxylic acids is 1. The topological polar surface area (TPSA) is 94.6 Å². The molecule has 1 aliphatic rings. The highest BCUT2D eigenvalue weighted by Crippen LogP contribution is 2.31. The van der Waals surface area contributed by atoms with Crippen LogP contribution in [0.1, 0.15) is 20.2 Å². The molecule has 9 heteroatoms. The highest BCUT2D eigenvalue weighted by Gasteiger charge is 2.18. The van der Waals surface area contributed by atoms with E-state index in [1.807, 2.05) is 24.3 Å². The monoisotopic (exact) mass is 414 g/mol. The van der Waals surface area contributed by atoms with Crippen LogP contribution in [0.15, 0.2) is 41.8 Å². The van der Waals surface area contributed by atoms with Gasteiger partial charge in [-0.2, -0.15) is 0 Å². The summed E-state index contributed by atoms with van der Waals surface area (Å²) in [5.74, 6) is -1.24. The van der Waals surface area contributed by atoms with Gasteiger partial charge in [-0.05, 0) is 24.3 Å². The number of hydrogen-bond acceptors (Lipinski definition) is 7. The fourth-order valence-corrected chi connectivity index (χ4v) is 4.72. The number of carbonyl (C=O) groups excluding carboxylic acids is 1. The Labute approximate surface area is 169 Å². The molecular formula is C19H18N4O3S2. The van der Waals surface area contributed by atoms with Crippen molar-refractivity contribution in [2.24, 2.45) is 0 Å². The Morgan fingerprint density at radius 2 is 1.93 bits per heavy atom. The minimum absolute atomic E-state index is 0.251. The number of carbonyl (C=O) groups is 2. The smallest absolute Gasteiger partial charge is 0.345 e. The molecule has 28 heavy (non-hydrogen) atoms. The highest BCUT2D eigenvalue weighted by molar-refractivity contribution is 7.22. The number of thiazole rings is 1. The predicted molar refractivity (Wildman–Crippen MR) is 112 cm³/mol. The molecule has 1 aromatic carbocycles. The second kappa shape index (κ2) is 8.09. The molecule has 0 saturated carbocycles. The number of amides is 1. The van der Waals surface area contributed by atoms with Gasteiger partial charge >= 0.3 is 5.97 Å². The van der Waals surface area contributed by atoms with Crippen molar-refractivity contribution < 1.29 is 14.7 Å². The fraction of sp³-hybridized carbons (Fsp3) is 0.211. The van der Waals surface area contributed by atoms with Crippen molar-refractivity contribution in [3.05, 3.63) is 52.3 Å². The van der Waals surface area contributed by atoms with E-state index in [1.54, 1.807) is 17.5 Å². The molecule has 3 aromatic rings. The second-order valence-corrected chi connectivity index (χ2v) is 8.16. The summed E-state index contributed by atoms with van der Waals surface area (Å²) in [6.45, 7) is 3.60. The number of nitrogens with one attached hydrogen (secondary N) is 2. The van der Waals surface area contributed by atoms with Gasteiger partial charge in [0.2, 0.25) is 0 Å². The molecule has 4 rings (SSSR count). The summed E-state index contributed by atoms with van der Waals surface area (Å²) in [5, 5.41) is 17.7. The van der Waals surface area contributed by atoms with Gasteiger partial charge in [0, 0.05) is 31.6 Å². The lowest BCUT2D eigenvalue weighted by molar-refractivity contribution is 0.0702. The van der Waals surface area contributed by atoms with Gasteiger partial charge in [-0.15, -0.1) is 22.7 Å². The highest BCUT2D eigenvalue weighted by atomic mass is 32.1. The maximum Gasteiger partial charge on any atom is 0.345 e. The minimum atomic E-state index is -0.963. The number of rotatable bonds is 5. The number of nitrogens with zero attached hydrogens (tertiary/aromatic N) is 2. The first kappa shape index (κ1) is 18.6. The van der Waals surface area contributed by atoms with E-state index in [1.165, 1.54) is 11.3 Å². The zero-order valence-corrected chi connectivity index (χ0v) is 16.5. The third-order valence-corrected chi connectivity index (χ3v) is 6.46. The normalized spacial score (nSPS) is 14.1. The minimum Gasteiger partial charge on any atom is -0.477 e. The number of piperazine rings is 1. The molecule has 0 aliphatic carbocycles. The van der Waals surface area contributed by atoms with E-state index < -0.39 is 5.97 Å². The van der Waals surface area contributed by atoms with Gasteiger partial charge in [0.1, 0.15) is 15.6 Å². The average molecular weight is 415 g/mol. The van der Waals surface area contributed by atoms with Crippen LogP contribution in [-0.2, 0) is 0 Å². The molecule has 1 fully saturated rings. The SMILES string of the molecule is O=C(Nc1ccccc1N1CCNCC1)c1csc(-c2ccc(C(=O)O)s2)n1. The average Bonchev–Trinajstić information content (AvgIpc) is 3.39. The fourth-order valence-electron chi connectivity index (χ4n) is 3.01. The largest absolute Gasteiger partial charge is 0.477 e. The Morgan fingerprint density at radius 3 is 2.68 bits per heavy atom. The lowest BCUT2D eigenvalue weighted by atomic mass is 10.2. The molecule has 3 N–H and O–H groups in total. The molecule has 144 valence electrons. The molecule has 0 spiro atoms. The quantitative estimate of drug-likeness (QED) is 0.593. The Hall–Kier alpha value is -2.75. The summed E-state index contributed by atoms with van der Waals surface area (Å²) in [6, 6.07) is 11.0. The first-order chi connectivity index (χ1) is 13.6. The molecule has 7 nitrogen and oxygen atoms in total. The summed E-state index contributed by atoms with van der Waals surface area (Å²) in [6.07, 6.45) is 0. The third-order valence-electron chi connectivity index (χ3n) is 4.37. The van der Waals surface area contributed by atoms with E-state index in [0.717, 1.165) is 53.8 Å². The molecule has 3 heterocycles. The van der Waals surface area contributed by atoms with Crippen LogP contribution in [0.25, 0.3) is 9.88 Å². The predicted octanol–water partition coefficient (Wildman–Crippen LogP) is 3.23. The first-order valence-corrected chi connectivity index (χ1v) is 10.5. The van der Waals surface area contributed by atoms with Crippen LogP contribution in [0, 0.1) is 0 Å². The molecule has 1 aliphatic heterocycles. The van der Waals surface area contributed by atoms with Gasteiger partial charge in [0.15, 0.2) is 0 Å². The zero-order valence-electron chi connectivity index (χ0n) is 14.8. The number of benzene rings is 1. The van der Waals surface area contributed by atoms with E-state index in [2.05, 4.69) is 20.5 Å². The summed E-state index contributed by atoms with van der Waals surface area (Å²) < 4.78 is 0. The number of thiophene rings is 1. The van der Waals surface area contributed by atoms with E-state index >= 15 is 0 Å². The lowest BCUT2D eigenvalue weighted by Crippen LogP contribution is -2.43. The van der Waals surface area contributed by atoms with Gasteiger partial charge in [-0.25, -0.2) is 9.78 Å². The van der Waals surface area contributed by atoms with E-state index in [-0.39, 0.29) is 10.8 Å². The van der Waals surface area contributed by atoms with Gasteiger partial charge in [-0.1, -0.05) is 12.1 Å². The van der Waals surface area contributed by atoms with Gasteiger partial charge in [0.25, 0.3) is 5.91 Å². The molecule has 0 unspecified atom stereocenters. The van der Waals surface area contributed by atoms with Gasteiger partial charge < -0.3 is 20.6 Å². The van der Waals surface area contributed by atoms with E-state index in [4.69, 9.17) is 5.11 Å². The van der Waals surface area contributed by atoms with Gasteiger partial charge in [-0.3, -0.25) is 4.79 Å². The number of anilines is 2. The Kier molecular flexibility index (Phi) is 5.38. The Morgan fingerprint density at radius 1 is 1.14 bits per heavy atom. The van der Waals surface area contributed by atoms with Crippen LogP contribution in [0.5, 0.6) is 0 Å². The van der Waals surface area contributed by atoms with Crippen LogP contribution >= 0.6 is 22.7 Å². The molecule has 2 aromatic heterocycles. The maximum atomic E-state index is 12.7. The van der Waals surface area contributed by atoms with E-state index in [0.29, 0.717) is 10.7 Å². The Bertz CT molecular complexity index is 1010. The van der Waals surface area contributed by atoms with Crippen LogP contribution in [0.3, 0.4) is 0 Å². The lowest BCUT2D eigenvalue weighted by Gasteiger charge is -2.31. The summed E-state index contributed by atoms with van der Waals surface area (Å²) in [7, 11) is 0. The molecule has 0 radical (unpaired) electrons. The van der Waals surface area contributed by atoms with E-state index in [9.17, 15) is 9.59 Å². The van der Waals surface area contributed by atoms with Crippen molar-refractivity contribution in [3.63, 3.8) is 0 Å². The standard InChI is InChI=1S/C19H18N4O3S2/c24-17(13-11-27-18(22-13)15-5-6-16(28-15)19(25)26)21-12-3-1-2-4-14(12)23-9-7-20-8-10-23/h1-6,11,20H,7-10H2,(H,21,24)(H,25,26). The van der Waals surface area contributed by atoms with Crippen LogP contribution in [0.2, 0.25) is 0 Å². The van der Waals surface area contributed by atoms with Crippen LogP contribution in [0.4, 0.5) is 11.4 Å². The van der Waals surface area contributed by atoms with Crippen molar-refractivity contribution in [2.45, 2.75) is 0 Å². The summed E-state index contributed by atoms with van der Waals surface area (Å²) in [4.78, 5) is 31.4. The second-order valence-electron chi connectivity index (χ2n) is 6.22. The first-order valence-electron chi connectivity index (χ1n) is 8.77. The van der Waals surface area contributed by atoms with Crippen molar-refractivity contribution in [1.29, 1.82) is 0 Å². The van der Waals surface area contributed by atoms with Crippen molar-refractivity contribution in [2.75, 3.05) is 36.4 Å². The van der Waals surface area contributed by atoms with Crippen molar-refractivity contribution >= 4 is 45.9 Å². The summed E-state index contributed by atoms with van der Waals surface area (Å²) in [5.41, 5.74) is 2.07. The zero-order chi connectivity index (χ0) is 19.5. The molecule has 1 amide bonds. The van der Waals surface area contributed by atoms with Crippen molar-refractivity contribution in [3.8, 4) is 9.88 Å². The molecule has 0 bridgehead atoms. The number of carboxylic acid groups (broad SMARTS) is 1. The maximum absolute atomic E-state index is 12.7. The molecule has 1 saturated heterocycles. The number of carboxylic acids is 1. The van der Waals surface area contributed by atoms with Gasteiger partial charge in [0.05, 0.1) is 16.3 Å². The van der Waals surface area contributed by atoms with Crippen molar-refractivity contribution in [1.82, 2.24) is 10.3 Å². The number of hydrogen-bond donors (Lipinski definition) is 3.